The first-order chi connectivity index (χ1) is 13.9. The Kier molecular flexibility index (Phi) is 10.2. The van der Waals surface area contributed by atoms with Crippen LogP contribution in [0.4, 0.5) is 0 Å². The van der Waals surface area contributed by atoms with Crippen molar-refractivity contribution in [1.29, 1.82) is 0 Å². The highest BCUT2D eigenvalue weighted by Gasteiger charge is 2.22. The first-order valence-electron chi connectivity index (χ1n) is 9.65. The number of nitrogens with zero attached hydrogens (tertiary/aromatic N) is 1. The van der Waals surface area contributed by atoms with Crippen LogP contribution in [0, 0.1) is 6.92 Å². The summed E-state index contributed by atoms with van der Waals surface area (Å²) in [6, 6.07) is 12.3. The second-order valence-corrected chi connectivity index (χ2v) is 7.51. The minimum Gasteiger partial charge on any atom is -0.493 e. The van der Waals surface area contributed by atoms with Gasteiger partial charge in [-0.2, -0.15) is 0 Å². The number of nitrogens with one attached hydrogen (secondary N) is 2. The van der Waals surface area contributed by atoms with Gasteiger partial charge in [0.1, 0.15) is 0 Å². The fraction of sp³-hybridized carbons (Fsp3) is 0.435. The molecule has 0 atom stereocenters. The van der Waals surface area contributed by atoms with Crippen molar-refractivity contribution in [1.82, 2.24) is 10.6 Å². The van der Waals surface area contributed by atoms with Gasteiger partial charge in [0, 0.05) is 25.6 Å². The second kappa shape index (κ2) is 11.9. The predicted octanol–water partition coefficient (Wildman–Crippen LogP) is 4.28. The Morgan fingerprint density at radius 3 is 2.07 bits per heavy atom. The number of hydrogen-bond acceptors (Lipinski definition) is 4. The van der Waals surface area contributed by atoms with E-state index in [4.69, 9.17) is 14.2 Å². The van der Waals surface area contributed by atoms with Gasteiger partial charge in [0.05, 0.1) is 21.3 Å². The lowest BCUT2D eigenvalue weighted by molar-refractivity contribution is 0.323. The summed E-state index contributed by atoms with van der Waals surface area (Å²) < 4.78 is 16.2. The Morgan fingerprint density at radius 2 is 1.57 bits per heavy atom. The third-order valence-electron chi connectivity index (χ3n) is 4.98. The van der Waals surface area contributed by atoms with Gasteiger partial charge >= 0.3 is 0 Å². The van der Waals surface area contributed by atoms with Crippen LogP contribution in [0.25, 0.3) is 0 Å². The first-order valence-corrected chi connectivity index (χ1v) is 9.65. The molecule has 0 radical (unpaired) electrons. The summed E-state index contributed by atoms with van der Waals surface area (Å²) in [6.45, 7) is 7.94. The topological polar surface area (TPSA) is 64.1 Å². The molecule has 0 aliphatic rings. The van der Waals surface area contributed by atoms with Crippen LogP contribution in [0.5, 0.6) is 17.2 Å². The van der Waals surface area contributed by atoms with Gasteiger partial charge in [-0.1, -0.05) is 38.1 Å². The molecule has 0 fully saturated rings. The van der Waals surface area contributed by atoms with E-state index >= 15 is 0 Å². The quantitative estimate of drug-likeness (QED) is 0.305. The molecule has 166 valence electrons. The van der Waals surface area contributed by atoms with Crippen LogP contribution in [0.3, 0.4) is 0 Å². The first kappa shape index (κ1) is 25.9. The van der Waals surface area contributed by atoms with Crippen LogP contribution in [0.2, 0.25) is 0 Å². The summed E-state index contributed by atoms with van der Waals surface area (Å²) in [6.07, 6.45) is 0. The van der Waals surface area contributed by atoms with Crippen molar-refractivity contribution >= 4 is 29.9 Å². The molecular formula is C23H34IN3O3. The normalized spacial score (nSPS) is 11.4. The van der Waals surface area contributed by atoms with E-state index in [1.54, 1.807) is 28.4 Å². The van der Waals surface area contributed by atoms with Crippen LogP contribution in [-0.4, -0.2) is 40.9 Å². The standard InChI is InChI=1S/C23H33N3O3.HI/c1-16-10-8-9-11-18(16)23(2,3)15-26-22(24-4)25-14-17-12-19(27-5)21(29-7)20(13-17)28-6;/h8-13H,14-15H2,1-7H3,(H2,24,25,26);1H. The van der Waals surface area contributed by atoms with Crippen LogP contribution >= 0.6 is 24.0 Å². The summed E-state index contributed by atoms with van der Waals surface area (Å²) >= 11 is 0. The molecule has 0 saturated carbocycles. The van der Waals surface area contributed by atoms with E-state index in [1.807, 2.05) is 12.1 Å². The number of methoxy groups -OCH3 is 3. The molecular weight excluding hydrogens is 493 g/mol. The number of benzene rings is 2. The Bertz CT molecular complexity index is 828. The fourth-order valence-electron chi connectivity index (χ4n) is 3.38. The largest absolute Gasteiger partial charge is 0.493 e. The number of guanidine groups is 1. The maximum Gasteiger partial charge on any atom is 0.203 e. The highest BCUT2D eigenvalue weighted by molar-refractivity contribution is 14.0. The molecule has 0 saturated heterocycles. The second-order valence-electron chi connectivity index (χ2n) is 7.51. The zero-order valence-electron chi connectivity index (χ0n) is 19.0. The van der Waals surface area contributed by atoms with Gasteiger partial charge in [0.15, 0.2) is 17.5 Å². The summed E-state index contributed by atoms with van der Waals surface area (Å²) in [7, 11) is 6.59. The van der Waals surface area contributed by atoms with E-state index in [-0.39, 0.29) is 29.4 Å². The minimum atomic E-state index is -0.0322. The van der Waals surface area contributed by atoms with E-state index in [1.165, 1.54) is 11.1 Å². The van der Waals surface area contributed by atoms with E-state index in [0.29, 0.717) is 23.8 Å². The molecule has 7 heteroatoms. The van der Waals surface area contributed by atoms with Crippen LogP contribution in [0.1, 0.15) is 30.5 Å². The Balaban J connectivity index is 0.00000450. The molecule has 2 aromatic carbocycles. The predicted molar refractivity (Wildman–Crippen MR) is 134 cm³/mol. The van der Waals surface area contributed by atoms with Crippen molar-refractivity contribution in [2.45, 2.75) is 32.7 Å². The van der Waals surface area contributed by atoms with Gasteiger partial charge in [-0.3, -0.25) is 4.99 Å². The SMILES string of the molecule is CN=C(NCc1cc(OC)c(OC)c(OC)c1)NCC(C)(C)c1ccccc1C.I. The zero-order chi connectivity index (χ0) is 21.4. The molecule has 6 nitrogen and oxygen atoms in total. The van der Waals surface area contributed by atoms with Crippen molar-refractivity contribution in [3.63, 3.8) is 0 Å². The Hall–Kier alpha value is -2.16. The number of rotatable bonds is 8. The number of hydrogen-bond donors (Lipinski definition) is 2. The number of aliphatic imine (C=N–C) groups is 1. The van der Waals surface area contributed by atoms with Gasteiger partial charge in [0.2, 0.25) is 5.75 Å². The molecule has 2 aromatic rings. The van der Waals surface area contributed by atoms with Gasteiger partial charge in [0.25, 0.3) is 0 Å². The van der Waals surface area contributed by atoms with Crippen LogP contribution < -0.4 is 24.8 Å². The molecule has 0 aromatic heterocycles. The van der Waals surface area contributed by atoms with E-state index < -0.39 is 0 Å². The summed E-state index contributed by atoms with van der Waals surface area (Å²) in [4.78, 5) is 4.35. The van der Waals surface area contributed by atoms with Crippen molar-refractivity contribution in [2.24, 2.45) is 4.99 Å². The third-order valence-corrected chi connectivity index (χ3v) is 4.98. The molecule has 0 aliphatic carbocycles. The molecule has 0 aliphatic heterocycles. The lowest BCUT2D eigenvalue weighted by atomic mass is 9.82. The average molecular weight is 527 g/mol. The summed E-state index contributed by atoms with van der Waals surface area (Å²) in [5, 5.41) is 6.79. The van der Waals surface area contributed by atoms with Crippen LogP contribution in [0.15, 0.2) is 41.4 Å². The molecule has 30 heavy (non-hydrogen) atoms. The number of ether oxygens (including phenoxy) is 3. The molecule has 0 amide bonds. The fourth-order valence-corrected chi connectivity index (χ4v) is 3.38. The van der Waals surface area contributed by atoms with Gasteiger partial charge in [-0.05, 0) is 35.7 Å². The van der Waals surface area contributed by atoms with Crippen molar-refractivity contribution < 1.29 is 14.2 Å². The average Bonchev–Trinajstić information content (AvgIpc) is 2.73. The van der Waals surface area contributed by atoms with E-state index in [2.05, 4.69) is 60.7 Å². The molecule has 0 unspecified atom stereocenters. The summed E-state index contributed by atoms with van der Waals surface area (Å²) in [5.41, 5.74) is 3.59. The molecule has 0 heterocycles. The lowest BCUT2D eigenvalue weighted by Crippen LogP contribution is -2.43. The monoisotopic (exact) mass is 527 g/mol. The number of halogens is 1. The van der Waals surface area contributed by atoms with Gasteiger partial charge in [-0.25, -0.2) is 0 Å². The van der Waals surface area contributed by atoms with Crippen molar-refractivity contribution in [3.8, 4) is 17.2 Å². The molecule has 0 spiro atoms. The highest BCUT2D eigenvalue weighted by atomic mass is 127. The molecule has 2 N–H and O–H groups in total. The molecule has 0 bridgehead atoms. The van der Waals surface area contributed by atoms with E-state index in [0.717, 1.165) is 18.1 Å². The van der Waals surface area contributed by atoms with Crippen molar-refractivity contribution in [2.75, 3.05) is 34.9 Å². The molecule has 2 rings (SSSR count). The Morgan fingerprint density at radius 1 is 0.967 bits per heavy atom. The summed E-state index contributed by atoms with van der Waals surface area (Å²) in [5.74, 6) is 2.58. The lowest BCUT2D eigenvalue weighted by Gasteiger charge is -2.28. The van der Waals surface area contributed by atoms with Crippen molar-refractivity contribution in [3.05, 3.63) is 53.1 Å². The maximum atomic E-state index is 5.43. The third kappa shape index (κ3) is 6.42. The van der Waals surface area contributed by atoms with Gasteiger partial charge in [-0.15, -0.1) is 24.0 Å². The maximum absolute atomic E-state index is 5.43. The Labute approximate surface area is 197 Å². The van der Waals surface area contributed by atoms with E-state index in [9.17, 15) is 0 Å². The highest BCUT2D eigenvalue weighted by Crippen LogP contribution is 2.38. The van der Waals surface area contributed by atoms with Crippen LogP contribution in [-0.2, 0) is 12.0 Å². The van der Waals surface area contributed by atoms with Gasteiger partial charge < -0.3 is 24.8 Å². The number of aryl methyl sites for hydroxylation is 1. The smallest absolute Gasteiger partial charge is 0.203 e. The minimum absolute atomic E-state index is 0. The zero-order valence-corrected chi connectivity index (χ0v) is 21.3.